The predicted molar refractivity (Wildman–Crippen MR) is 291 cm³/mol. The van der Waals surface area contributed by atoms with E-state index in [1.807, 2.05) is 0 Å². The largest absolute Gasteiger partial charge is 0.487 e. The molecule has 1 saturated carbocycles. The Balaban J connectivity index is 0.792. The minimum atomic E-state index is -5.15. The zero-order chi connectivity index (χ0) is 63.3. The number of thiol groups is 1. The van der Waals surface area contributed by atoms with Crippen LogP contribution in [-0.2, 0) is 68.3 Å². The molecule has 492 valence electrons. The van der Waals surface area contributed by atoms with Crippen LogP contribution in [0, 0.1) is 5.92 Å². The first-order valence-electron chi connectivity index (χ1n) is 28.0. The van der Waals surface area contributed by atoms with Crippen LogP contribution in [-0.4, -0.2) is 287 Å². The van der Waals surface area contributed by atoms with Gasteiger partial charge in [0.25, 0.3) is 0 Å². The summed E-state index contributed by atoms with van der Waals surface area (Å²) in [6.45, 7) is 1.35. The molecule has 4 aliphatic heterocycles. The van der Waals surface area contributed by atoms with E-state index < -0.39 is 113 Å². The number of urea groups is 2. The van der Waals surface area contributed by atoms with Gasteiger partial charge in [0.2, 0.25) is 0 Å². The Hall–Kier alpha value is -4.89. The molecule has 27 nitrogen and oxygen atoms in total. The first-order valence-corrected chi connectivity index (χ1v) is 29.5. The Morgan fingerprint density at radius 1 is 0.586 bits per heavy atom. The molecule has 6 rings (SSSR count). The van der Waals surface area contributed by atoms with Crippen LogP contribution in [0.5, 0.6) is 11.5 Å². The monoisotopic (exact) mass is 1300 g/mol. The lowest BCUT2D eigenvalue weighted by Gasteiger charge is -2.42. The second-order valence-electron chi connectivity index (χ2n) is 20.4. The van der Waals surface area contributed by atoms with Crippen molar-refractivity contribution in [3.63, 3.8) is 0 Å². The number of hydrogen-bond acceptors (Lipinski definition) is 22. The second kappa shape index (κ2) is 34.9. The number of thioether (sulfide) groups is 1. The van der Waals surface area contributed by atoms with E-state index in [4.69, 9.17) is 47.4 Å². The molecule has 5 fully saturated rings. The first-order chi connectivity index (χ1) is 41.5. The molecule has 0 spiro atoms. The highest BCUT2D eigenvalue weighted by molar-refractivity contribution is 8.05. The fraction of sp³-hybridized carbons (Fsp3) is 0.750. The Morgan fingerprint density at radius 3 is 1.43 bits per heavy atom. The number of aliphatic hydroxyl groups is 4. The molecule has 35 heteroatoms. The quantitative estimate of drug-likeness (QED) is 0.0165. The lowest BCUT2D eigenvalue weighted by molar-refractivity contribution is -0.207. The maximum Gasteiger partial charge on any atom is 0.471 e. The Bertz CT molecular complexity index is 2430. The third kappa shape index (κ3) is 21.7. The van der Waals surface area contributed by atoms with E-state index in [9.17, 15) is 80.3 Å². The number of benzene rings is 1. The number of fused-ring (bicyclic) bond motifs is 2. The molecular formula is C52H74F6N6O21S2. The average molecular weight is 1300 g/mol. The summed E-state index contributed by atoms with van der Waals surface area (Å²) in [4.78, 5) is 86.4. The van der Waals surface area contributed by atoms with Crippen LogP contribution in [0.25, 0.3) is 0 Å². The highest BCUT2D eigenvalue weighted by Gasteiger charge is 2.57. The third-order valence-corrected chi connectivity index (χ3v) is 16.0. The predicted octanol–water partition coefficient (Wildman–Crippen LogP) is -1.29. The molecule has 6 amide bonds. The Morgan fingerprint density at radius 2 is 1.00 bits per heavy atom. The van der Waals surface area contributed by atoms with E-state index in [0.29, 0.717) is 26.9 Å². The molecular weight excluding hydrogens is 1220 g/mol. The molecule has 87 heavy (non-hydrogen) atoms. The van der Waals surface area contributed by atoms with Crippen molar-refractivity contribution in [2.75, 3.05) is 138 Å². The van der Waals surface area contributed by atoms with E-state index in [-0.39, 0.29) is 175 Å². The van der Waals surface area contributed by atoms with Gasteiger partial charge >= 0.3 is 36.2 Å². The van der Waals surface area contributed by atoms with Gasteiger partial charge in [-0.1, -0.05) is 6.07 Å². The molecule has 0 bridgehead atoms. The van der Waals surface area contributed by atoms with Gasteiger partial charge in [-0.3, -0.25) is 24.0 Å². The van der Waals surface area contributed by atoms with Crippen LogP contribution >= 0.6 is 24.4 Å². The lowest BCUT2D eigenvalue weighted by atomic mass is 9.93. The minimum Gasteiger partial charge on any atom is -0.487 e. The number of nitrogens with one attached hydrogen (secondary N) is 4. The van der Waals surface area contributed by atoms with Crippen molar-refractivity contribution < 1.29 is 128 Å². The SMILES string of the molecule is O=C(S)CSC1CC(=O)C(Cc2ccc(OCCOCCOCCOCCNC(=O)NC[C@H]3O[C@H]4CCN(C(=O)C(F)(F)F)[C@H]4[C@@H](O)[C@H]3O)c(OCCOCCOCCOCCNC(=O)NC[C@H]3O[C@H]4CCN(C(=O)C(F)(F)F)[C@H]4[C@@H](O)[C@H]3O)c2)C1=O. The van der Waals surface area contributed by atoms with Crippen LogP contribution in [0.1, 0.15) is 24.8 Å². The highest BCUT2D eigenvalue weighted by Crippen LogP contribution is 2.38. The summed E-state index contributed by atoms with van der Waals surface area (Å²) in [6.07, 6.45) is -21.1. The van der Waals surface area contributed by atoms with Crippen LogP contribution < -0.4 is 30.7 Å². The number of carbonyl (C=O) groups excluding carboxylic acids is 7. The van der Waals surface area contributed by atoms with Crippen LogP contribution in [0.15, 0.2) is 18.2 Å². The van der Waals surface area contributed by atoms with Crippen molar-refractivity contribution in [2.45, 2.75) is 104 Å². The molecule has 8 N–H and O–H groups in total. The molecule has 4 saturated heterocycles. The van der Waals surface area contributed by atoms with Gasteiger partial charge in [-0.2, -0.15) is 26.3 Å². The fourth-order valence-electron chi connectivity index (χ4n) is 10.2. The minimum absolute atomic E-state index is 0.00190. The topological polar surface area (TPSA) is 347 Å². The number of ether oxygens (including phenoxy) is 10. The summed E-state index contributed by atoms with van der Waals surface area (Å²) in [5.74, 6) is -4.96. The molecule has 0 aromatic heterocycles. The van der Waals surface area contributed by atoms with Crippen molar-refractivity contribution in [1.29, 1.82) is 0 Å². The van der Waals surface area contributed by atoms with Gasteiger partial charge in [0, 0.05) is 45.7 Å². The van der Waals surface area contributed by atoms with Gasteiger partial charge in [0.1, 0.15) is 55.6 Å². The van der Waals surface area contributed by atoms with Gasteiger partial charge in [0.15, 0.2) is 22.4 Å². The van der Waals surface area contributed by atoms with E-state index in [1.54, 1.807) is 18.2 Å². The number of nitrogens with zero attached hydrogens (tertiary/aromatic N) is 2. The summed E-state index contributed by atoms with van der Waals surface area (Å²) in [7, 11) is 0. The summed E-state index contributed by atoms with van der Waals surface area (Å²) in [5.41, 5.74) is 0.637. The molecule has 5 aliphatic rings. The smallest absolute Gasteiger partial charge is 0.471 e. The van der Waals surface area contributed by atoms with Crippen LogP contribution in [0.3, 0.4) is 0 Å². The number of halogens is 6. The maximum absolute atomic E-state index is 13.1. The van der Waals surface area contributed by atoms with Gasteiger partial charge in [-0.25, -0.2) is 9.59 Å². The highest BCUT2D eigenvalue weighted by atomic mass is 32.2. The molecule has 2 unspecified atom stereocenters. The van der Waals surface area contributed by atoms with E-state index >= 15 is 0 Å². The van der Waals surface area contributed by atoms with E-state index in [2.05, 4.69) is 33.9 Å². The molecule has 12 atom stereocenters. The number of hydrogen-bond donors (Lipinski definition) is 9. The van der Waals surface area contributed by atoms with Crippen molar-refractivity contribution in [3.05, 3.63) is 23.8 Å². The number of carbonyl (C=O) groups is 7. The van der Waals surface area contributed by atoms with E-state index in [1.165, 1.54) is 0 Å². The summed E-state index contributed by atoms with van der Waals surface area (Å²) in [5, 5.41) is 51.0. The van der Waals surface area contributed by atoms with Gasteiger partial charge in [-0.15, -0.1) is 24.4 Å². The van der Waals surface area contributed by atoms with E-state index in [0.717, 1.165) is 11.8 Å². The summed E-state index contributed by atoms with van der Waals surface area (Å²) >= 11 is 4.84. The number of rotatable bonds is 35. The van der Waals surface area contributed by atoms with Crippen molar-refractivity contribution in [3.8, 4) is 11.5 Å². The number of alkyl halides is 6. The van der Waals surface area contributed by atoms with Gasteiger partial charge in [-0.05, 0) is 37.0 Å². The molecule has 4 heterocycles. The average Bonchev–Trinajstić information content (AvgIpc) is 1.95. The Labute approximate surface area is 505 Å². The second-order valence-corrected chi connectivity index (χ2v) is 22.1. The normalized spacial score (nSPS) is 26.3. The first kappa shape index (κ1) is 71.2. The van der Waals surface area contributed by atoms with Crippen molar-refractivity contribution >= 4 is 64.9 Å². The lowest BCUT2D eigenvalue weighted by Crippen LogP contribution is -2.63. The zero-order valence-corrected chi connectivity index (χ0v) is 48.8. The molecule has 0 radical (unpaired) electrons. The molecule has 1 aromatic rings. The van der Waals surface area contributed by atoms with Gasteiger partial charge in [0.05, 0.1) is 120 Å². The summed E-state index contributed by atoms with van der Waals surface area (Å²) in [6, 6.07) is 0.974. The maximum atomic E-state index is 13.1. The number of Topliss-reactive ketones (excluding diaryl/α,β-unsaturated/α-hetero) is 2. The zero-order valence-electron chi connectivity index (χ0n) is 47.1. The number of ketones is 2. The molecule has 1 aliphatic carbocycles. The van der Waals surface area contributed by atoms with Gasteiger partial charge < -0.3 is 98.9 Å². The van der Waals surface area contributed by atoms with Crippen LogP contribution in [0.4, 0.5) is 35.9 Å². The number of likely N-dealkylation sites (tertiary alicyclic amines) is 2. The summed E-state index contributed by atoms with van der Waals surface area (Å²) < 4.78 is 135. The third-order valence-electron chi connectivity index (χ3n) is 14.4. The van der Waals surface area contributed by atoms with Crippen molar-refractivity contribution in [2.24, 2.45) is 5.92 Å². The Kier molecular flexibility index (Phi) is 28.6. The fourth-order valence-corrected chi connectivity index (χ4v) is 11.4. The number of aliphatic hydroxyl groups excluding tert-OH is 4. The van der Waals surface area contributed by atoms with Crippen LogP contribution in [0.2, 0.25) is 0 Å². The van der Waals surface area contributed by atoms with Crippen molar-refractivity contribution in [1.82, 2.24) is 31.1 Å². The molecule has 1 aromatic carbocycles. The number of amides is 6. The standard InChI is InChI=1S/C52H74F6N6O21S2/c53-51(54,55)47(72)63-7-3-33-40(63)45(70)43(68)36(84-33)26-61-49(74)59-5-9-76-11-13-78-15-17-80-19-21-82-32-2-1-29(23-30-31(65)25-38(42(30)67)87-28-39(66)86)24-35(32)83-22-20-81-18-16-79-14-12-77-10-6-60-50(75)62-27-37-44(69)46(71)41-34(85-37)4-8-64(41)48(73)52(56,57)58/h1-2,24,30,33-34,36-38,40-41,43-46,68-71H,3-23,25-28H2,(H,66,86)(H2,59,61,74)(H2,60,62,75)/t30?,33-,34-,36+,37+,38?,40+,41+,43-,44-,45+,46+/m0/s1.